The third kappa shape index (κ3) is 11.1. The van der Waals surface area contributed by atoms with E-state index >= 15 is 0 Å². The summed E-state index contributed by atoms with van der Waals surface area (Å²) < 4.78 is 1.51. The molecule has 228 valence electrons. The van der Waals surface area contributed by atoms with Crippen molar-refractivity contribution in [1.82, 2.24) is 0 Å². The van der Waals surface area contributed by atoms with Crippen LogP contribution < -0.4 is 24.8 Å². The average Bonchev–Trinajstić information content (AvgIpc) is 3.65. The predicted molar refractivity (Wildman–Crippen MR) is 181 cm³/mol. The fourth-order valence-electron chi connectivity index (χ4n) is 5.02. The molecule has 0 heterocycles. The van der Waals surface area contributed by atoms with Gasteiger partial charge in [-0.15, -0.1) is 46.2 Å². The molecule has 6 rings (SSSR count). The van der Waals surface area contributed by atoms with Crippen LogP contribution in [0.25, 0.3) is 21.5 Å². The average molecular weight is 656 g/mol. The van der Waals surface area contributed by atoms with Crippen molar-refractivity contribution in [2.75, 3.05) is 0 Å². The summed E-state index contributed by atoms with van der Waals surface area (Å²) in [6.07, 6.45) is 12.2. The quantitative estimate of drug-likeness (QED) is 0.193. The molecule has 1 aliphatic carbocycles. The van der Waals surface area contributed by atoms with Crippen LogP contribution in [0.2, 0.25) is 0 Å². The third-order valence-corrected chi connectivity index (χ3v) is 8.10. The summed E-state index contributed by atoms with van der Waals surface area (Å²) in [5.41, 5.74) is 6.00. The van der Waals surface area contributed by atoms with Crippen LogP contribution in [-0.2, 0) is 43.6 Å². The van der Waals surface area contributed by atoms with Crippen molar-refractivity contribution in [3.8, 4) is 0 Å². The van der Waals surface area contributed by atoms with Gasteiger partial charge in [-0.3, -0.25) is 6.08 Å². The molecule has 0 fully saturated rings. The Labute approximate surface area is 289 Å². The van der Waals surface area contributed by atoms with Gasteiger partial charge in [0.2, 0.25) is 0 Å². The van der Waals surface area contributed by atoms with Gasteiger partial charge in [0.05, 0.1) is 0 Å². The standard InChI is InChI=1S/C21H25.C15H14.C5H5.2ClH.Ti/c1-20(2,3)16-9-7-14-11-15-8-10-17(21(4,5)6)13-19(15)18(14)12-16;1-3-8-14(9-4-1)12-7-13-15-10-5-2-6-11-15;1-2-4-5-3-1;;;/h7-13H,1-6H3;1-6,8-11H,12-13H2;1-3H,4H2;2*1H;/q-1;;-1;;;+2/p-2. The molecule has 0 amide bonds. The molecule has 0 unspecified atom stereocenters. The van der Waals surface area contributed by atoms with Crippen molar-refractivity contribution >= 4 is 25.4 Å². The Kier molecular flexibility index (Phi) is 14.7. The first-order chi connectivity index (χ1) is 20.0. The summed E-state index contributed by atoms with van der Waals surface area (Å²) in [4.78, 5) is 0. The van der Waals surface area contributed by atoms with E-state index in [0.29, 0.717) is 0 Å². The molecule has 0 nitrogen and oxygen atoms in total. The minimum atomic E-state index is 0. The number of halogens is 2. The van der Waals surface area contributed by atoms with Crippen LogP contribution in [0.15, 0.2) is 121 Å². The molecular formula is C41H44Cl2Ti-2. The second kappa shape index (κ2) is 17.2. The van der Waals surface area contributed by atoms with Crippen LogP contribution in [0.3, 0.4) is 0 Å². The maximum absolute atomic E-state index is 2.99. The summed E-state index contributed by atoms with van der Waals surface area (Å²) in [5, 5.41) is 5.49. The van der Waals surface area contributed by atoms with Gasteiger partial charge < -0.3 is 24.8 Å². The van der Waals surface area contributed by atoms with Crippen LogP contribution in [0.5, 0.6) is 0 Å². The molecule has 5 aromatic carbocycles. The number of hydrogen-bond acceptors (Lipinski definition) is 0. The zero-order chi connectivity index (χ0) is 30.2. The molecule has 0 spiro atoms. The van der Waals surface area contributed by atoms with Crippen molar-refractivity contribution in [2.24, 2.45) is 0 Å². The molecule has 0 saturated heterocycles. The van der Waals surface area contributed by atoms with E-state index < -0.39 is 0 Å². The Hall–Kier alpha value is -2.61. The Bertz CT molecular complexity index is 1540. The Morgan fingerprint density at radius 2 is 1.09 bits per heavy atom. The maximum atomic E-state index is 2.99. The molecule has 0 aliphatic heterocycles. The normalized spacial score (nSPS) is 12.0. The summed E-state index contributed by atoms with van der Waals surface area (Å²) in [6, 6.07) is 37.4. The summed E-state index contributed by atoms with van der Waals surface area (Å²) in [5.74, 6) is 0. The number of hydrogen-bond donors (Lipinski definition) is 0. The third-order valence-electron chi connectivity index (χ3n) is 7.55. The van der Waals surface area contributed by atoms with Gasteiger partial charge in [-0.1, -0.05) is 76.9 Å². The fraction of sp³-hybridized carbons (Fsp3) is 0.268. The SMILES string of the molecule is CC(C)(C)c1ccc2[cH-]c3ccc(C(C)(C)C)cc3c2c1.[C-]1=CC=CC1.[Cl-].[Cl-].[Ti+2]=[C](Cc1ccccc1)Cc1ccccc1. The number of benzene rings is 4. The molecule has 0 aromatic heterocycles. The second-order valence-corrected chi connectivity index (χ2v) is 14.3. The summed E-state index contributed by atoms with van der Waals surface area (Å²) in [6.45, 7) is 13.7. The molecule has 44 heavy (non-hydrogen) atoms. The van der Waals surface area contributed by atoms with E-state index in [2.05, 4.69) is 177 Å². The van der Waals surface area contributed by atoms with Crippen LogP contribution >= 0.6 is 0 Å². The first-order valence-corrected chi connectivity index (χ1v) is 15.8. The summed E-state index contributed by atoms with van der Waals surface area (Å²) in [7, 11) is 0. The first-order valence-electron chi connectivity index (χ1n) is 15.0. The van der Waals surface area contributed by atoms with E-state index in [0.717, 1.165) is 19.3 Å². The van der Waals surface area contributed by atoms with E-state index in [4.69, 9.17) is 0 Å². The van der Waals surface area contributed by atoms with Crippen molar-refractivity contribution in [2.45, 2.75) is 71.6 Å². The molecule has 0 N–H and O–H groups in total. The van der Waals surface area contributed by atoms with E-state index in [1.807, 2.05) is 12.2 Å². The molecule has 0 radical (unpaired) electrons. The van der Waals surface area contributed by atoms with Crippen LogP contribution in [0.1, 0.15) is 70.2 Å². The molecular weight excluding hydrogens is 611 g/mol. The van der Waals surface area contributed by atoms with Gasteiger partial charge >= 0.3 is 108 Å². The van der Waals surface area contributed by atoms with E-state index in [-0.39, 0.29) is 35.6 Å². The van der Waals surface area contributed by atoms with Gasteiger partial charge in [0.25, 0.3) is 0 Å². The number of allylic oxidation sites excluding steroid dienone is 4. The first kappa shape index (κ1) is 37.6. The van der Waals surface area contributed by atoms with Crippen LogP contribution in [0.4, 0.5) is 0 Å². The van der Waals surface area contributed by atoms with Gasteiger partial charge in [-0.05, 0) is 10.8 Å². The van der Waals surface area contributed by atoms with Gasteiger partial charge in [-0.25, -0.2) is 12.2 Å². The van der Waals surface area contributed by atoms with Gasteiger partial charge in [0.1, 0.15) is 0 Å². The zero-order valence-corrected chi connectivity index (χ0v) is 30.0. The van der Waals surface area contributed by atoms with E-state index in [9.17, 15) is 0 Å². The van der Waals surface area contributed by atoms with Crippen molar-refractivity contribution in [3.63, 3.8) is 0 Å². The van der Waals surface area contributed by atoms with Crippen molar-refractivity contribution in [3.05, 3.63) is 150 Å². The van der Waals surface area contributed by atoms with E-state index in [1.54, 1.807) is 0 Å². The predicted octanol–water partition coefficient (Wildman–Crippen LogP) is 4.81. The Morgan fingerprint density at radius 1 is 0.659 bits per heavy atom. The molecule has 5 aromatic rings. The zero-order valence-electron chi connectivity index (χ0n) is 26.9. The molecule has 0 saturated carbocycles. The molecule has 3 heteroatoms. The Morgan fingerprint density at radius 3 is 1.41 bits per heavy atom. The monoisotopic (exact) mass is 654 g/mol. The molecule has 0 bridgehead atoms. The Balaban J connectivity index is 0.000000260. The van der Waals surface area contributed by atoms with Gasteiger partial charge in [-0.2, -0.15) is 6.08 Å². The van der Waals surface area contributed by atoms with E-state index in [1.165, 1.54) is 47.6 Å². The fourth-order valence-corrected chi connectivity index (χ4v) is 5.66. The van der Waals surface area contributed by atoms with Crippen molar-refractivity contribution in [1.29, 1.82) is 0 Å². The van der Waals surface area contributed by atoms with Crippen LogP contribution in [-0.4, -0.2) is 3.81 Å². The van der Waals surface area contributed by atoms with Crippen molar-refractivity contribution < 1.29 is 44.8 Å². The van der Waals surface area contributed by atoms with Gasteiger partial charge in [0.15, 0.2) is 0 Å². The minimum absolute atomic E-state index is 0. The number of fused-ring (bicyclic) bond motifs is 3. The second-order valence-electron chi connectivity index (χ2n) is 13.2. The summed E-state index contributed by atoms with van der Waals surface area (Å²) >= 11 is 2.24. The molecule has 0 atom stereocenters. The van der Waals surface area contributed by atoms with Crippen LogP contribution in [0, 0.1) is 6.08 Å². The topological polar surface area (TPSA) is 0 Å². The number of rotatable bonds is 4. The molecule has 1 aliphatic rings. The van der Waals surface area contributed by atoms with Gasteiger partial charge in [0, 0.05) is 0 Å².